The van der Waals surface area contributed by atoms with Crippen molar-refractivity contribution in [1.82, 2.24) is 0 Å². The second-order valence-corrected chi connectivity index (χ2v) is 4.83. The van der Waals surface area contributed by atoms with Gasteiger partial charge in [0.2, 0.25) is 5.60 Å². The number of hydrogen-bond donors (Lipinski definition) is 0. The van der Waals surface area contributed by atoms with E-state index in [4.69, 9.17) is 9.47 Å². The molecular weight excluding hydrogens is 238 g/mol. The van der Waals surface area contributed by atoms with Gasteiger partial charge in [0.15, 0.2) is 6.10 Å². The van der Waals surface area contributed by atoms with Gasteiger partial charge in [-0.25, -0.2) is 0 Å². The molecule has 2 aliphatic rings. The third-order valence-corrected chi connectivity index (χ3v) is 3.77. The van der Waals surface area contributed by atoms with E-state index >= 15 is 0 Å². The normalized spacial score (nSPS) is 30.5. The van der Waals surface area contributed by atoms with Gasteiger partial charge < -0.3 is 9.47 Å². The Balaban J connectivity index is 1.83. The molecule has 0 saturated carbocycles. The molecule has 0 amide bonds. The maximum atomic E-state index is 9.47. The zero-order valence-corrected chi connectivity index (χ0v) is 10.1. The average Bonchev–Trinajstić information content (AvgIpc) is 3.24. The molecule has 2 aromatic carbocycles. The zero-order valence-electron chi connectivity index (χ0n) is 10.1. The van der Waals surface area contributed by atoms with Gasteiger partial charge in [-0.05, 0) is 11.6 Å². The predicted octanol–water partition coefficient (Wildman–Crippen LogP) is 2.94. The van der Waals surface area contributed by atoms with Crippen molar-refractivity contribution in [2.75, 3.05) is 0 Å². The summed E-state index contributed by atoms with van der Waals surface area (Å²) in [7, 11) is 0. The summed E-state index contributed by atoms with van der Waals surface area (Å²) in [5.74, 6) is 0.742. The van der Waals surface area contributed by atoms with Crippen LogP contribution in [0.25, 0.3) is 0 Å². The van der Waals surface area contributed by atoms with E-state index in [9.17, 15) is 5.26 Å². The van der Waals surface area contributed by atoms with Crippen LogP contribution in [-0.4, -0.2) is 6.10 Å². The molecule has 2 aliphatic heterocycles. The highest BCUT2D eigenvalue weighted by molar-refractivity contribution is 5.50. The number of hydrogen-bond acceptors (Lipinski definition) is 3. The molecule has 3 atom stereocenters. The molecular formula is C16H11NO2. The third kappa shape index (κ3) is 1.35. The second-order valence-electron chi connectivity index (χ2n) is 4.83. The average molecular weight is 249 g/mol. The van der Waals surface area contributed by atoms with Gasteiger partial charge in [0.05, 0.1) is 0 Å². The Morgan fingerprint density at radius 2 is 1.74 bits per heavy atom. The van der Waals surface area contributed by atoms with E-state index in [1.54, 1.807) is 0 Å². The van der Waals surface area contributed by atoms with Gasteiger partial charge in [-0.15, -0.1) is 0 Å². The number of para-hydroxylation sites is 1. The van der Waals surface area contributed by atoms with E-state index in [0.29, 0.717) is 0 Å². The van der Waals surface area contributed by atoms with Crippen LogP contribution in [0.2, 0.25) is 0 Å². The van der Waals surface area contributed by atoms with Gasteiger partial charge in [-0.2, -0.15) is 5.26 Å². The van der Waals surface area contributed by atoms with Crippen molar-refractivity contribution in [1.29, 1.82) is 5.26 Å². The number of rotatable bonds is 1. The van der Waals surface area contributed by atoms with Gasteiger partial charge in [-0.1, -0.05) is 48.5 Å². The first-order chi connectivity index (χ1) is 9.35. The van der Waals surface area contributed by atoms with Crippen LogP contribution in [0.15, 0.2) is 54.6 Å². The Labute approximate surface area is 111 Å². The quantitative estimate of drug-likeness (QED) is 0.730. The fourth-order valence-electron chi connectivity index (χ4n) is 2.77. The molecule has 2 heterocycles. The summed E-state index contributed by atoms with van der Waals surface area (Å²) in [4.78, 5) is 0. The SMILES string of the molecule is N#C[C@]12O[C@H]1[C@@H](c1ccccc1)Oc1ccccc12. The van der Waals surface area contributed by atoms with Gasteiger partial charge in [0.25, 0.3) is 0 Å². The molecule has 4 rings (SSSR count). The van der Waals surface area contributed by atoms with Gasteiger partial charge in [0.1, 0.15) is 17.9 Å². The lowest BCUT2D eigenvalue weighted by atomic mass is 9.88. The topological polar surface area (TPSA) is 45.5 Å². The molecule has 0 radical (unpaired) electrons. The van der Waals surface area contributed by atoms with E-state index in [2.05, 4.69) is 6.07 Å². The predicted molar refractivity (Wildman–Crippen MR) is 68.4 cm³/mol. The highest BCUT2D eigenvalue weighted by atomic mass is 16.6. The first-order valence-corrected chi connectivity index (χ1v) is 6.25. The molecule has 0 spiro atoms. The molecule has 0 aliphatic carbocycles. The van der Waals surface area contributed by atoms with Crippen LogP contribution >= 0.6 is 0 Å². The summed E-state index contributed by atoms with van der Waals surface area (Å²) in [5, 5.41) is 9.47. The molecule has 92 valence electrons. The molecule has 3 heteroatoms. The second kappa shape index (κ2) is 3.59. The Kier molecular flexibility index (Phi) is 2.01. The Hall–Kier alpha value is -2.31. The minimum absolute atomic E-state index is 0.212. The molecule has 1 fully saturated rings. The van der Waals surface area contributed by atoms with Crippen LogP contribution in [0.5, 0.6) is 5.75 Å². The van der Waals surface area contributed by atoms with Crippen LogP contribution in [0.1, 0.15) is 17.2 Å². The molecule has 19 heavy (non-hydrogen) atoms. The Morgan fingerprint density at radius 1 is 1.00 bits per heavy atom. The number of nitriles is 1. The lowest BCUT2D eigenvalue weighted by Crippen LogP contribution is -2.26. The van der Waals surface area contributed by atoms with E-state index in [0.717, 1.165) is 16.9 Å². The van der Waals surface area contributed by atoms with E-state index in [1.165, 1.54) is 0 Å². The minimum atomic E-state index is -0.824. The van der Waals surface area contributed by atoms with Crippen LogP contribution in [0.4, 0.5) is 0 Å². The summed E-state index contributed by atoms with van der Waals surface area (Å²) in [6, 6.07) is 19.8. The number of benzene rings is 2. The van der Waals surface area contributed by atoms with Crippen LogP contribution < -0.4 is 4.74 Å². The molecule has 3 nitrogen and oxygen atoms in total. The largest absolute Gasteiger partial charge is 0.482 e. The highest BCUT2D eigenvalue weighted by Gasteiger charge is 2.67. The lowest BCUT2D eigenvalue weighted by molar-refractivity contribution is 0.161. The highest BCUT2D eigenvalue weighted by Crippen LogP contribution is 2.58. The van der Waals surface area contributed by atoms with Crippen LogP contribution in [0, 0.1) is 11.3 Å². The van der Waals surface area contributed by atoms with Gasteiger partial charge >= 0.3 is 0 Å². The fraction of sp³-hybridized carbons (Fsp3) is 0.188. The van der Waals surface area contributed by atoms with E-state index in [1.807, 2.05) is 54.6 Å². The van der Waals surface area contributed by atoms with Crippen molar-refractivity contribution in [3.63, 3.8) is 0 Å². The summed E-state index contributed by atoms with van der Waals surface area (Å²) in [6.07, 6.45) is -0.425. The smallest absolute Gasteiger partial charge is 0.213 e. The van der Waals surface area contributed by atoms with Crippen molar-refractivity contribution in [2.45, 2.75) is 17.8 Å². The first-order valence-electron chi connectivity index (χ1n) is 6.25. The summed E-state index contributed by atoms with van der Waals surface area (Å²) in [6.45, 7) is 0. The van der Waals surface area contributed by atoms with Crippen molar-refractivity contribution >= 4 is 0 Å². The minimum Gasteiger partial charge on any atom is -0.482 e. The van der Waals surface area contributed by atoms with Crippen molar-refractivity contribution < 1.29 is 9.47 Å². The monoisotopic (exact) mass is 249 g/mol. The number of nitrogens with zero attached hydrogens (tertiary/aromatic N) is 1. The Bertz CT molecular complexity index is 677. The number of epoxide rings is 1. The maximum absolute atomic E-state index is 9.47. The van der Waals surface area contributed by atoms with Gasteiger partial charge in [0, 0.05) is 5.56 Å². The fourth-order valence-corrected chi connectivity index (χ4v) is 2.77. The lowest BCUT2D eigenvalue weighted by Gasteiger charge is -2.25. The molecule has 0 unspecified atom stereocenters. The summed E-state index contributed by atoms with van der Waals surface area (Å²) < 4.78 is 11.7. The number of ether oxygens (including phenoxy) is 2. The van der Waals surface area contributed by atoms with E-state index in [-0.39, 0.29) is 12.2 Å². The van der Waals surface area contributed by atoms with Crippen LogP contribution in [-0.2, 0) is 10.3 Å². The summed E-state index contributed by atoms with van der Waals surface area (Å²) >= 11 is 0. The third-order valence-electron chi connectivity index (χ3n) is 3.77. The van der Waals surface area contributed by atoms with Crippen molar-refractivity contribution in [3.05, 3.63) is 65.7 Å². The van der Waals surface area contributed by atoms with Crippen LogP contribution in [0.3, 0.4) is 0 Å². The maximum Gasteiger partial charge on any atom is 0.213 e. The zero-order chi connectivity index (χ0) is 12.9. The van der Waals surface area contributed by atoms with Gasteiger partial charge in [-0.3, -0.25) is 0 Å². The standard InChI is InChI=1S/C16H11NO2/c17-10-16-12-8-4-5-9-13(12)18-14(15(16)19-16)11-6-2-1-3-7-11/h1-9,14-15H/t14-,15+,16-/m1/s1. The van der Waals surface area contributed by atoms with E-state index < -0.39 is 5.60 Å². The number of fused-ring (bicyclic) bond motifs is 3. The molecule has 0 bridgehead atoms. The Morgan fingerprint density at radius 3 is 2.53 bits per heavy atom. The molecule has 0 aromatic heterocycles. The van der Waals surface area contributed by atoms with Crippen molar-refractivity contribution in [3.8, 4) is 11.8 Å². The first kappa shape index (κ1) is 10.6. The summed E-state index contributed by atoms with van der Waals surface area (Å²) in [5.41, 5.74) is 1.06. The molecule has 0 N–H and O–H groups in total. The molecule has 1 saturated heterocycles. The van der Waals surface area contributed by atoms with Crippen molar-refractivity contribution in [2.24, 2.45) is 0 Å². The molecule has 2 aromatic rings.